The van der Waals surface area contributed by atoms with Crippen LogP contribution in [0.1, 0.15) is 34.7 Å². The first-order valence-electron chi connectivity index (χ1n) is 9.74. The van der Waals surface area contributed by atoms with Gasteiger partial charge in [0.05, 0.1) is 17.1 Å². The Balaban J connectivity index is 1.72. The molecule has 2 heterocycles. The molecule has 4 aromatic rings. The van der Waals surface area contributed by atoms with Crippen molar-refractivity contribution in [2.24, 2.45) is 4.99 Å². The summed E-state index contributed by atoms with van der Waals surface area (Å²) in [7, 11) is 0. The van der Waals surface area contributed by atoms with Crippen LogP contribution in [0.15, 0.2) is 89.9 Å². The van der Waals surface area contributed by atoms with Crippen LogP contribution in [0.25, 0.3) is 5.69 Å². The third-order valence-corrected chi connectivity index (χ3v) is 5.70. The highest BCUT2D eigenvalue weighted by Crippen LogP contribution is 2.43. The topological polar surface area (TPSA) is 30.2 Å². The third kappa shape index (κ3) is 3.28. The second-order valence-corrected chi connectivity index (χ2v) is 7.74. The Morgan fingerprint density at radius 2 is 1.52 bits per heavy atom. The average Bonchev–Trinajstić information content (AvgIpc) is 3.11. The number of aromatic nitrogens is 2. The molecule has 5 rings (SSSR count). The molecule has 1 atom stereocenters. The molecule has 3 aromatic carbocycles. The molecule has 0 saturated carbocycles. The SMILES string of the molecule is Cc1nn(-c2ccccc2)c2c1C(c1ccc(Cl)cc1)CC(c1ccccc1)=N2. The molecule has 0 aliphatic carbocycles. The van der Waals surface area contributed by atoms with Gasteiger partial charge >= 0.3 is 0 Å². The summed E-state index contributed by atoms with van der Waals surface area (Å²) in [5.41, 5.74) is 6.68. The van der Waals surface area contributed by atoms with Crippen molar-refractivity contribution in [2.75, 3.05) is 0 Å². The number of hydrogen-bond acceptors (Lipinski definition) is 2. The zero-order chi connectivity index (χ0) is 19.8. The van der Waals surface area contributed by atoms with Crippen LogP contribution in [0, 0.1) is 6.92 Å². The highest BCUT2D eigenvalue weighted by Gasteiger charge is 2.31. The lowest BCUT2D eigenvalue weighted by molar-refractivity contribution is 0.827. The number of nitrogens with zero attached hydrogens (tertiary/aromatic N) is 3. The van der Waals surface area contributed by atoms with Crippen molar-refractivity contribution in [1.29, 1.82) is 0 Å². The molecule has 1 aliphatic heterocycles. The van der Waals surface area contributed by atoms with Gasteiger partial charge < -0.3 is 0 Å². The molecule has 0 N–H and O–H groups in total. The first-order chi connectivity index (χ1) is 14.2. The zero-order valence-corrected chi connectivity index (χ0v) is 16.8. The maximum Gasteiger partial charge on any atom is 0.160 e. The Morgan fingerprint density at radius 3 is 2.21 bits per heavy atom. The predicted octanol–water partition coefficient (Wildman–Crippen LogP) is 6.49. The first kappa shape index (κ1) is 17.9. The lowest BCUT2D eigenvalue weighted by Gasteiger charge is -2.24. The quantitative estimate of drug-likeness (QED) is 0.388. The molecule has 29 heavy (non-hydrogen) atoms. The van der Waals surface area contributed by atoms with E-state index in [4.69, 9.17) is 21.7 Å². The van der Waals surface area contributed by atoms with E-state index in [0.29, 0.717) is 0 Å². The van der Waals surface area contributed by atoms with Gasteiger partial charge in [-0.2, -0.15) is 5.10 Å². The Bertz CT molecular complexity index is 1180. The van der Waals surface area contributed by atoms with Gasteiger partial charge in [0.25, 0.3) is 0 Å². The van der Waals surface area contributed by atoms with Crippen LogP contribution in [-0.4, -0.2) is 15.5 Å². The van der Waals surface area contributed by atoms with E-state index in [1.807, 2.05) is 41.1 Å². The molecule has 3 nitrogen and oxygen atoms in total. The average molecular weight is 398 g/mol. The fourth-order valence-corrected chi connectivity index (χ4v) is 4.18. The van der Waals surface area contributed by atoms with Gasteiger partial charge in [-0.1, -0.05) is 72.3 Å². The molecule has 0 bridgehead atoms. The number of halogens is 1. The smallest absolute Gasteiger partial charge is 0.160 e. The molecule has 0 radical (unpaired) electrons. The van der Waals surface area contributed by atoms with Crippen molar-refractivity contribution < 1.29 is 0 Å². The number of fused-ring (bicyclic) bond motifs is 1. The van der Waals surface area contributed by atoms with Crippen molar-refractivity contribution in [3.05, 3.63) is 112 Å². The Morgan fingerprint density at radius 1 is 0.862 bits per heavy atom. The summed E-state index contributed by atoms with van der Waals surface area (Å²) in [5.74, 6) is 1.10. The van der Waals surface area contributed by atoms with E-state index >= 15 is 0 Å². The monoisotopic (exact) mass is 397 g/mol. The summed E-state index contributed by atoms with van der Waals surface area (Å²) in [6, 6.07) is 28.8. The minimum Gasteiger partial charge on any atom is -0.233 e. The standard InChI is InChI=1S/C25H20ClN3/c1-17-24-22(18-12-14-20(26)15-13-18)16-23(19-8-4-2-5-9-19)27-25(24)29(28-17)21-10-6-3-7-11-21/h2-15,22H,16H2,1H3. The number of para-hydroxylation sites is 1. The molecule has 1 unspecified atom stereocenters. The molecule has 1 aliphatic rings. The van der Waals surface area contributed by atoms with Gasteiger partial charge in [0, 0.05) is 22.9 Å². The third-order valence-electron chi connectivity index (χ3n) is 5.45. The number of hydrogen-bond donors (Lipinski definition) is 0. The van der Waals surface area contributed by atoms with Gasteiger partial charge in [-0.15, -0.1) is 0 Å². The number of rotatable bonds is 3. The van der Waals surface area contributed by atoms with Crippen LogP contribution in [0.5, 0.6) is 0 Å². The predicted molar refractivity (Wildman–Crippen MR) is 119 cm³/mol. The summed E-state index contributed by atoms with van der Waals surface area (Å²) >= 11 is 6.15. The fraction of sp³-hybridized carbons (Fsp3) is 0.120. The molecule has 0 fully saturated rings. The highest BCUT2D eigenvalue weighted by molar-refractivity contribution is 6.30. The van der Waals surface area contributed by atoms with Gasteiger partial charge in [0.1, 0.15) is 0 Å². The molecular weight excluding hydrogens is 378 g/mol. The van der Waals surface area contributed by atoms with Crippen LogP contribution < -0.4 is 0 Å². The number of aryl methyl sites for hydroxylation is 1. The second-order valence-electron chi connectivity index (χ2n) is 7.30. The summed E-state index contributed by atoms with van der Waals surface area (Å²) in [6.07, 6.45) is 0.833. The molecule has 0 spiro atoms. The molecule has 142 valence electrons. The lowest BCUT2D eigenvalue weighted by Crippen LogP contribution is -2.15. The molecule has 4 heteroatoms. The van der Waals surface area contributed by atoms with Crippen molar-refractivity contribution in [3.8, 4) is 5.69 Å². The van der Waals surface area contributed by atoms with E-state index < -0.39 is 0 Å². The number of aliphatic imine (C=N–C) groups is 1. The summed E-state index contributed by atoms with van der Waals surface area (Å²) in [6.45, 7) is 2.07. The normalized spacial score (nSPS) is 15.7. The van der Waals surface area contributed by atoms with Gasteiger partial charge in [-0.3, -0.25) is 0 Å². The fourth-order valence-electron chi connectivity index (χ4n) is 4.05. The van der Waals surface area contributed by atoms with Crippen LogP contribution in [0.4, 0.5) is 5.82 Å². The maximum absolute atomic E-state index is 6.15. The lowest BCUT2D eigenvalue weighted by atomic mass is 9.83. The van der Waals surface area contributed by atoms with Crippen LogP contribution in [0.3, 0.4) is 0 Å². The van der Waals surface area contributed by atoms with Crippen molar-refractivity contribution in [1.82, 2.24) is 9.78 Å². The van der Waals surface area contributed by atoms with Crippen molar-refractivity contribution in [2.45, 2.75) is 19.3 Å². The zero-order valence-electron chi connectivity index (χ0n) is 16.1. The van der Waals surface area contributed by atoms with E-state index in [0.717, 1.165) is 39.9 Å². The van der Waals surface area contributed by atoms with Gasteiger partial charge in [-0.25, -0.2) is 9.67 Å². The van der Waals surface area contributed by atoms with Crippen molar-refractivity contribution in [3.63, 3.8) is 0 Å². The van der Waals surface area contributed by atoms with E-state index in [-0.39, 0.29) is 5.92 Å². The summed E-state index contributed by atoms with van der Waals surface area (Å²) < 4.78 is 1.97. The molecule has 1 aromatic heterocycles. The van der Waals surface area contributed by atoms with Gasteiger partial charge in [0.15, 0.2) is 5.82 Å². The molecule has 0 saturated heterocycles. The minimum absolute atomic E-state index is 0.187. The molecule has 0 amide bonds. The van der Waals surface area contributed by atoms with Gasteiger partial charge in [-0.05, 0) is 42.3 Å². The molecular formula is C25H20ClN3. The van der Waals surface area contributed by atoms with E-state index in [9.17, 15) is 0 Å². The first-order valence-corrected chi connectivity index (χ1v) is 10.1. The minimum atomic E-state index is 0.187. The van der Waals surface area contributed by atoms with E-state index in [1.54, 1.807) is 0 Å². The maximum atomic E-state index is 6.15. The number of benzene rings is 3. The second kappa shape index (κ2) is 7.34. The Kier molecular flexibility index (Phi) is 4.53. The van der Waals surface area contributed by atoms with E-state index in [2.05, 4.69) is 55.5 Å². The largest absolute Gasteiger partial charge is 0.233 e. The Labute approximate surface area is 175 Å². The van der Waals surface area contributed by atoms with E-state index in [1.165, 1.54) is 11.1 Å². The Hall–Kier alpha value is -3.17. The van der Waals surface area contributed by atoms with Gasteiger partial charge in [0.2, 0.25) is 0 Å². The summed E-state index contributed by atoms with van der Waals surface area (Å²) in [5, 5.41) is 5.62. The van der Waals surface area contributed by atoms with Crippen LogP contribution >= 0.6 is 11.6 Å². The van der Waals surface area contributed by atoms with Crippen LogP contribution in [0.2, 0.25) is 5.02 Å². The summed E-state index contributed by atoms with van der Waals surface area (Å²) in [4.78, 5) is 5.10. The van der Waals surface area contributed by atoms with Crippen molar-refractivity contribution >= 4 is 23.1 Å². The van der Waals surface area contributed by atoms with Crippen LogP contribution in [-0.2, 0) is 0 Å². The highest BCUT2D eigenvalue weighted by atomic mass is 35.5.